The predicted molar refractivity (Wildman–Crippen MR) is 78.1 cm³/mol. The molecule has 0 radical (unpaired) electrons. The third-order valence-electron chi connectivity index (χ3n) is 3.42. The summed E-state index contributed by atoms with van der Waals surface area (Å²) >= 11 is 5.09. The number of hydrogen-bond acceptors (Lipinski definition) is 3. The summed E-state index contributed by atoms with van der Waals surface area (Å²) in [4.78, 5) is 12.3. The van der Waals surface area contributed by atoms with Crippen LogP contribution in [0, 0.1) is 0 Å². The van der Waals surface area contributed by atoms with Gasteiger partial charge in [-0.3, -0.25) is 4.79 Å². The number of carbonyl (C=O) groups excluding carboxylic acids is 1. The molecule has 0 saturated heterocycles. The van der Waals surface area contributed by atoms with E-state index in [2.05, 4.69) is 5.32 Å². The van der Waals surface area contributed by atoms with Gasteiger partial charge in [0.25, 0.3) is 5.91 Å². The number of thiocarbonyl (C=S) groups is 1. The van der Waals surface area contributed by atoms with E-state index in [9.17, 15) is 4.79 Å². The molecule has 1 fully saturated rings. The highest BCUT2D eigenvalue weighted by Crippen LogP contribution is 2.29. The van der Waals surface area contributed by atoms with Crippen molar-refractivity contribution >= 4 is 23.1 Å². The summed E-state index contributed by atoms with van der Waals surface area (Å²) in [6, 6.07) is 9.24. The zero-order valence-corrected chi connectivity index (χ0v) is 11.5. The second-order valence-corrected chi connectivity index (χ2v) is 5.24. The van der Waals surface area contributed by atoms with Crippen molar-refractivity contribution in [2.45, 2.75) is 31.2 Å². The van der Waals surface area contributed by atoms with Gasteiger partial charge in [-0.15, -0.1) is 0 Å². The molecule has 0 bridgehead atoms. The molecule has 1 aromatic carbocycles. The molecule has 1 amide bonds. The Labute approximate surface area is 118 Å². The van der Waals surface area contributed by atoms with Gasteiger partial charge in [-0.1, -0.05) is 43.3 Å². The van der Waals surface area contributed by atoms with E-state index in [1.54, 1.807) is 0 Å². The van der Waals surface area contributed by atoms with Crippen LogP contribution in [0.3, 0.4) is 0 Å². The van der Waals surface area contributed by atoms with E-state index in [0.717, 1.165) is 25.7 Å². The summed E-state index contributed by atoms with van der Waals surface area (Å²) in [5.74, 6) is 0.493. The number of amides is 1. The Morgan fingerprint density at radius 2 is 1.95 bits per heavy atom. The monoisotopic (exact) mass is 278 g/mol. The molecule has 19 heavy (non-hydrogen) atoms. The lowest BCUT2D eigenvalue weighted by molar-refractivity contribution is -0.124. The minimum Gasteiger partial charge on any atom is -0.484 e. The lowest BCUT2D eigenvalue weighted by atomic mass is 9.97. The summed E-state index contributed by atoms with van der Waals surface area (Å²) in [5.41, 5.74) is 5.26. The van der Waals surface area contributed by atoms with Gasteiger partial charge >= 0.3 is 0 Å². The van der Waals surface area contributed by atoms with Crippen molar-refractivity contribution in [1.29, 1.82) is 0 Å². The van der Waals surface area contributed by atoms with Crippen molar-refractivity contribution < 1.29 is 9.53 Å². The van der Waals surface area contributed by atoms with Crippen LogP contribution in [0.4, 0.5) is 0 Å². The molecule has 5 heteroatoms. The SMILES string of the molecule is NC(=S)C1(NC(=O)COc2ccccc2)CCCC1. The maximum absolute atomic E-state index is 11.9. The average molecular weight is 278 g/mol. The van der Waals surface area contributed by atoms with Crippen molar-refractivity contribution in [3.63, 3.8) is 0 Å². The molecule has 102 valence electrons. The van der Waals surface area contributed by atoms with Crippen LogP contribution in [0.25, 0.3) is 0 Å². The van der Waals surface area contributed by atoms with Gasteiger partial charge in [0.1, 0.15) is 5.75 Å². The zero-order valence-electron chi connectivity index (χ0n) is 10.7. The Balaban J connectivity index is 1.88. The van der Waals surface area contributed by atoms with Gasteiger partial charge < -0.3 is 15.8 Å². The van der Waals surface area contributed by atoms with Crippen LogP contribution in [0.2, 0.25) is 0 Å². The molecule has 0 unspecified atom stereocenters. The van der Waals surface area contributed by atoms with Crippen LogP contribution >= 0.6 is 12.2 Å². The minimum atomic E-state index is -0.507. The Morgan fingerprint density at radius 1 is 1.32 bits per heavy atom. The van der Waals surface area contributed by atoms with Gasteiger partial charge in [0, 0.05) is 0 Å². The van der Waals surface area contributed by atoms with E-state index < -0.39 is 5.54 Å². The van der Waals surface area contributed by atoms with Crippen molar-refractivity contribution in [2.75, 3.05) is 6.61 Å². The number of para-hydroxylation sites is 1. The van der Waals surface area contributed by atoms with Crippen LogP contribution in [-0.4, -0.2) is 23.0 Å². The molecule has 2 rings (SSSR count). The first kappa shape index (κ1) is 13.8. The largest absolute Gasteiger partial charge is 0.484 e. The molecular weight excluding hydrogens is 260 g/mol. The molecule has 1 aromatic rings. The minimum absolute atomic E-state index is 0.0195. The van der Waals surface area contributed by atoms with Gasteiger partial charge in [-0.05, 0) is 25.0 Å². The third kappa shape index (κ3) is 3.44. The zero-order chi connectivity index (χ0) is 13.7. The van der Waals surface area contributed by atoms with Gasteiger partial charge in [0.2, 0.25) is 0 Å². The summed E-state index contributed by atoms with van der Waals surface area (Å²) in [7, 11) is 0. The molecular formula is C14H18N2O2S. The van der Waals surface area contributed by atoms with Crippen LogP contribution in [0.15, 0.2) is 30.3 Å². The van der Waals surface area contributed by atoms with Crippen LogP contribution < -0.4 is 15.8 Å². The van der Waals surface area contributed by atoms with Crippen molar-refractivity contribution in [3.05, 3.63) is 30.3 Å². The smallest absolute Gasteiger partial charge is 0.258 e. The summed E-state index contributed by atoms with van der Waals surface area (Å²) in [6.45, 7) is -0.0195. The first-order valence-electron chi connectivity index (χ1n) is 6.41. The maximum atomic E-state index is 11.9. The van der Waals surface area contributed by atoms with Gasteiger partial charge in [-0.2, -0.15) is 0 Å². The highest BCUT2D eigenvalue weighted by molar-refractivity contribution is 7.80. The van der Waals surface area contributed by atoms with E-state index >= 15 is 0 Å². The second kappa shape index (κ2) is 6.02. The molecule has 1 aliphatic carbocycles. The number of nitrogens with one attached hydrogen (secondary N) is 1. The van der Waals surface area contributed by atoms with Gasteiger partial charge in [0.05, 0.1) is 10.5 Å². The summed E-state index contributed by atoms with van der Waals surface area (Å²) in [6.07, 6.45) is 3.72. The molecule has 1 saturated carbocycles. The molecule has 3 N–H and O–H groups in total. The second-order valence-electron chi connectivity index (χ2n) is 4.80. The third-order valence-corrected chi connectivity index (χ3v) is 3.81. The Kier molecular flexibility index (Phi) is 4.37. The number of carbonyl (C=O) groups is 1. The predicted octanol–water partition coefficient (Wildman–Crippen LogP) is 1.78. The molecule has 0 atom stereocenters. The van der Waals surface area contributed by atoms with Crippen molar-refractivity contribution in [2.24, 2.45) is 5.73 Å². The lowest BCUT2D eigenvalue weighted by Crippen LogP contribution is -2.55. The average Bonchev–Trinajstić information content (AvgIpc) is 2.87. The standard InChI is InChI=1S/C14H18N2O2S/c15-13(19)14(8-4-5-9-14)16-12(17)10-18-11-6-2-1-3-7-11/h1-3,6-7H,4-5,8-10H2,(H2,15,19)(H,16,17). The van der Waals surface area contributed by atoms with E-state index in [4.69, 9.17) is 22.7 Å². The molecule has 0 spiro atoms. The highest BCUT2D eigenvalue weighted by atomic mass is 32.1. The molecule has 0 aromatic heterocycles. The number of ether oxygens (including phenoxy) is 1. The fraction of sp³-hybridized carbons (Fsp3) is 0.429. The van der Waals surface area contributed by atoms with E-state index in [1.165, 1.54) is 0 Å². The maximum Gasteiger partial charge on any atom is 0.258 e. The fourth-order valence-electron chi connectivity index (χ4n) is 2.38. The first-order valence-corrected chi connectivity index (χ1v) is 6.82. The summed E-state index contributed by atoms with van der Waals surface area (Å²) in [5, 5.41) is 2.93. The quantitative estimate of drug-likeness (QED) is 0.806. The number of benzene rings is 1. The number of nitrogens with two attached hydrogens (primary N) is 1. The van der Waals surface area contributed by atoms with Gasteiger partial charge in [-0.25, -0.2) is 0 Å². The van der Waals surface area contributed by atoms with Crippen LogP contribution in [0.5, 0.6) is 5.75 Å². The summed E-state index contributed by atoms with van der Waals surface area (Å²) < 4.78 is 5.41. The highest BCUT2D eigenvalue weighted by Gasteiger charge is 2.38. The lowest BCUT2D eigenvalue weighted by Gasteiger charge is -2.29. The fourth-order valence-corrected chi connectivity index (χ4v) is 2.64. The van der Waals surface area contributed by atoms with E-state index in [1.807, 2.05) is 30.3 Å². The number of rotatable bonds is 5. The molecule has 4 nitrogen and oxygen atoms in total. The van der Waals surface area contributed by atoms with E-state index in [0.29, 0.717) is 10.7 Å². The molecule has 1 aliphatic rings. The Bertz CT molecular complexity index is 456. The topological polar surface area (TPSA) is 64.3 Å². The van der Waals surface area contributed by atoms with Crippen molar-refractivity contribution in [1.82, 2.24) is 5.32 Å². The normalized spacial score (nSPS) is 16.8. The molecule has 0 aliphatic heterocycles. The van der Waals surface area contributed by atoms with Gasteiger partial charge in [0.15, 0.2) is 6.61 Å². The number of hydrogen-bond donors (Lipinski definition) is 2. The van der Waals surface area contributed by atoms with Crippen LogP contribution in [-0.2, 0) is 4.79 Å². The first-order chi connectivity index (χ1) is 9.12. The Hall–Kier alpha value is -1.62. The molecule has 0 heterocycles. The van der Waals surface area contributed by atoms with Crippen LogP contribution in [0.1, 0.15) is 25.7 Å². The van der Waals surface area contributed by atoms with Crippen molar-refractivity contribution in [3.8, 4) is 5.75 Å². The Morgan fingerprint density at radius 3 is 2.53 bits per heavy atom. The van der Waals surface area contributed by atoms with E-state index in [-0.39, 0.29) is 12.5 Å².